The number of benzene rings is 2. The second-order valence-electron chi connectivity index (χ2n) is 8.97. The summed E-state index contributed by atoms with van der Waals surface area (Å²) in [6.07, 6.45) is 9.86. The maximum atomic E-state index is 15.3. The van der Waals surface area contributed by atoms with Crippen LogP contribution in [0.3, 0.4) is 0 Å². The molecule has 6 rings (SSSR count). The van der Waals surface area contributed by atoms with Crippen molar-refractivity contribution in [1.29, 1.82) is 0 Å². The molecule has 0 spiro atoms. The molecule has 1 atom stereocenters. The van der Waals surface area contributed by atoms with E-state index in [0.29, 0.717) is 22.5 Å². The van der Waals surface area contributed by atoms with Crippen LogP contribution < -0.4 is 4.73 Å². The predicted octanol–water partition coefficient (Wildman–Crippen LogP) is 4.98. The molecule has 0 aliphatic carbocycles. The summed E-state index contributed by atoms with van der Waals surface area (Å²) in [5, 5.41) is 29.1. The van der Waals surface area contributed by atoms with E-state index in [0.717, 1.165) is 16.7 Å². The van der Waals surface area contributed by atoms with Gasteiger partial charge in [0, 0.05) is 36.6 Å². The number of hydrogen-bond acceptors (Lipinski definition) is 6. The molecule has 198 valence electrons. The van der Waals surface area contributed by atoms with Crippen molar-refractivity contribution in [2.24, 2.45) is 0 Å². The molecule has 0 aliphatic heterocycles. The summed E-state index contributed by atoms with van der Waals surface area (Å²) in [4.78, 5) is 4.05. The van der Waals surface area contributed by atoms with Crippen LogP contribution in [0.2, 0.25) is 5.02 Å². The fourth-order valence-corrected chi connectivity index (χ4v) is 4.71. The van der Waals surface area contributed by atoms with Gasteiger partial charge in [0.1, 0.15) is 18.2 Å². The van der Waals surface area contributed by atoms with Crippen LogP contribution >= 0.6 is 11.6 Å². The smallest absolute Gasteiger partial charge is 0.217 e. The summed E-state index contributed by atoms with van der Waals surface area (Å²) in [7, 11) is 0. The van der Waals surface area contributed by atoms with Gasteiger partial charge in [-0.3, -0.25) is 9.67 Å². The van der Waals surface area contributed by atoms with E-state index >= 15 is 4.39 Å². The Balaban J connectivity index is 1.44. The van der Waals surface area contributed by atoms with Crippen molar-refractivity contribution in [3.8, 4) is 27.9 Å². The molecule has 0 amide bonds. The lowest BCUT2D eigenvalue weighted by Crippen LogP contribution is -2.36. The second kappa shape index (κ2) is 10.6. The lowest BCUT2D eigenvalue weighted by molar-refractivity contribution is -0.615. The van der Waals surface area contributed by atoms with Crippen LogP contribution in [0, 0.1) is 16.8 Å². The monoisotopic (exact) mass is 556 g/mol. The van der Waals surface area contributed by atoms with Gasteiger partial charge in [-0.25, -0.2) is 8.78 Å². The van der Waals surface area contributed by atoms with Crippen LogP contribution in [0.4, 0.5) is 8.78 Å². The molecule has 0 saturated carbocycles. The van der Waals surface area contributed by atoms with Crippen molar-refractivity contribution < 1.29 is 13.5 Å². The van der Waals surface area contributed by atoms with Gasteiger partial charge in [0.2, 0.25) is 5.69 Å². The third-order valence-electron chi connectivity index (χ3n) is 6.52. The normalized spacial score (nSPS) is 12.0. The number of tetrazole rings is 1. The molecule has 0 saturated heterocycles. The highest BCUT2D eigenvalue weighted by Gasteiger charge is 2.26. The van der Waals surface area contributed by atoms with Crippen molar-refractivity contribution in [2.75, 3.05) is 0 Å². The number of halogens is 3. The van der Waals surface area contributed by atoms with Gasteiger partial charge in [0.15, 0.2) is 12.0 Å². The molecule has 4 aromatic heterocycles. The third kappa shape index (κ3) is 4.90. The van der Waals surface area contributed by atoms with E-state index in [1.807, 2.05) is 18.3 Å². The molecular weight excluding hydrogens is 538 g/mol. The first-order valence-corrected chi connectivity index (χ1v) is 12.5. The van der Waals surface area contributed by atoms with Crippen LogP contribution in [-0.4, -0.2) is 35.0 Å². The Morgan fingerprint density at radius 3 is 2.45 bits per heavy atom. The number of pyridine rings is 2. The van der Waals surface area contributed by atoms with Gasteiger partial charge in [-0.1, -0.05) is 23.7 Å². The van der Waals surface area contributed by atoms with Gasteiger partial charge in [0.05, 0.1) is 28.0 Å². The number of hydrogen-bond donors (Lipinski definition) is 0. The van der Waals surface area contributed by atoms with Crippen molar-refractivity contribution in [3.05, 3.63) is 131 Å². The Labute approximate surface area is 231 Å². The van der Waals surface area contributed by atoms with E-state index in [4.69, 9.17) is 11.6 Å². The third-order valence-corrected chi connectivity index (χ3v) is 6.81. The molecule has 0 bridgehead atoms. The Morgan fingerprint density at radius 2 is 1.73 bits per heavy atom. The fourth-order valence-electron chi connectivity index (χ4n) is 4.56. The molecule has 0 radical (unpaired) electrons. The van der Waals surface area contributed by atoms with Crippen LogP contribution in [0.1, 0.15) is 17.3 Å². The first-order chi connectivity index (χ1) is 19.5. The first kappa shape index (κ1) is 25.3. The van der Waals surface area contributed by atoms with E-state index in [1.165, 1.54) is 35.4 Å². The second-order valence-corrected chi connectivity index (χ2v) is 9.38. The lowest BCUT2D eigenvalue weighted by atomic mass is 10.00. The maximum absolute atomic E-state index is 15.3. The summed E-state index contributed by atoms with van der Waals surface area (Å²) >= 11 is 6.09. The molecular formula is C28H19ClF2N8O. The van der Waals surface area contributed by atoms with Crippen LogP contribution in [0.15, 0.2) is 98.0 Å². The predicted molar refractivity (Wildman–Crippen MR) is 142 cm³/mol. The van der Waals surface area contributed by atoms with E-state index in [1.54, 1.807) is 53.6 Å². The average molecular weight is 557 g/mol. The number of rotatable bonds is 7. The van der Waals surface area contributed by atoms with Crippen molar-refractivity contribution in [3.63, 3.8) is 0 Å². The van der Waals surface area contributed by atoms with Gasteiger partial charge in [-0.15, -0.1) is 5.10 Å². The minimum Gasteiger partial charge on any atom is -0.618 e. The maximum Gasteiger partial charge on any atom is 0.217 e. The van der Waals surface area contributed by atoms with Crippen LogP contribution in [0.5, 0.6) is 0 Å². The Kier molecular flexibility index (Phi) is 6.71. The Hall–Kier alpha value is -5.03. The van der Waals surface area contributed by atoms with E-state index < -0.39 is 11.9 Å². The summed E-state index contributed by atoms with van der Waals surface area (Å²) in [6, 6.07) is 15.5. The number of aromatic nitrogens is 8. The fraction of sp³-hybridized carbons (Fsp3) is 0.0714. The topological polar surface area (TPSA) is 101 Å². The minimum absolute atomic E-state index is 0.0742. The van der Waals surface area contributed by atoms with Crippen molar-refractivity contribution in [1.82, 2.24) is 35.0 Å². The highest BCUT2D eigenvalue weighted by atomic mass is 35.5. The zero-order valence-electron chi connectivity index (χ0n) is 20.6. The van der Waals surface area contributed by atoms with Gasteiger partial charge < -0.3 is 5.21 Å². The van der Waals surface area contributed by atoms with Crippen molar-refractivity contribution in [2.45, 2.75) is 12.5 Å². The largest absolute Gasteiger partial charge is 0.618 e. The Morgan fingerprint density at radius 1 is 0.925 bits per heavy atom. The molecule has 6 aromatic rings. The molecule has 4 heterocycles. The standard InChI is InChI=1S/C28H19ClF2N8O/c29-23-6-8-25(38-17-33-35-36-38)27(28(23)31)20-3-7-24(39(40)16-20)26(13-18-1-4-22(30)5-2-18)37-15-21(14-34-37)19-9-11-32-12-10-19/h1-12,14-17,26H,13H2/t26-/m1/s1. The molecule has 0 N–H and O–H groups in total. The van der Waals surface area contributed by atoms with E-state index in [9.17, 15) is 9.60 Å². The van der Waals surface area contributed by atoms with Gasteiger partial charge in [-0.05, 0) is 64.0 Å². The zero-order chi connectivity index (χ0) is 27.6. The average Bonchev–Trinajstić information content (AvgIpc) is 3.68. The molecule has 12 heteroatoms. The molecule has 2 aromatic carbocycles. The molecule has 9 nitrogen and oxygen atoms in total. The SMILES string of the molecule is [O-][n+]1cc(-c2c(-n3cnnn3)ccc(Cl)c2F)ccc1[C@@H](Cc1ccc(F)cc1)n1cc(-c2ccncc2)cn1. The van der Waals surface area contributed by atoms with Gasteiger partial charge in [0.25, 0.3) is 0 Å². The minimum atomic E-state index is -0.709. The highest BCUT2D eigenvalue weighted by Crippen LogP contribution is 2.33. The molecule has 40 heavy (non-hydrogen) atoms. The molecule has 0 unspecified atom stereocenters. The molecule has 0 fully saturated rings. The number of nitrogens with zero attached hydrogens (tertiary/aromatic N) is 8. The van der Waals surface area contributed by atoms with Crippen LogP contribution in [-0.2, 0) is 6.42 Å². The van der Waals surface area contributed by atoms with Gasteiger partial charge in [-0.2, -0.15) is 14.5 Å². The lowest BCUT2D eigenvalue weighted by Gasteiger charge is -2.18. The summed E-state index contributed by atoms with van der Waals surface area (Å²) < 4.78 is 32.6. The highest BCUT2D eigenvalue weighted by molar-refractivity contribution is 6.31. The first-order valence-electron chi connectivity index (χ1n) is 12.1. The summed E-state index contributed by atoms with van der Waals surface area (Å²) in [5.74, 6) is -1.07. The van der Waals surface area contributed by atoms with Crippen molar-refractivity contribution >= 4 is 11.6 Å². The molecule has 0 aliphatic rings. The quantitative estimate of drug-likeness (QED) is 0.203. The van der Waals surface area contributed by atoms with Crippen LogP contribution in [0.25, 0.3) is 27.9 Å². The summed E-state index contributed by atoms with van der Waals surface area (Å²) in [5.41, 5.74) is 3.58. The van der Waals surface area contributed by atoms with E-state index in [-0.39, 0.29) is 22.0 Å². The van der Waals surface area contributed by atoms with Gasteiger partial charge >= 0.3 is 0 Å². The Bertz CT molecular complexity index is 1780. The van der Waals surface area contributed by atoms with E-state index in [2.05, 4.69) is 25.6 Å². The zero-order valence-corrected chi connectivity index (χ0v) is 21.4. The summed E-state index contributed by atoms with van der Waals surface area (Å²) in [6.45, 7) is 0.